The average Bonchev–Trinajstić information content (AvgIpc) is 2.49. The van der Waals surface area contributed by atoms with Crippen LogP contribution in [0, 0.1) is 0 Å². The lowest BCUT2D eigenvalue weighted by molar-refractivity contribution is 0.289. The Kier molecular flexibility index (Phi) is 4.79. The number of aromatic nitrogens is 1. The number of pyridine rings is 1. The summed E-state index contributed by atoms with van der Waals surface area (Å²) in [4.78, 5) is 14.7. The summed E-state index contributed by atoms with van der Waals surface area (Å²) in [6, 6.07) is 7.54. The first-order valence-corrected chi connectivity index (χ1v) is 7.09. The van der Waals surface area contributed by atoms with Crippen molar-refractivity contribution in [2.24, 2.45) is 0 Å². The average molecular weight is 274 g/mol. The summed E-state index contributed by atoms with van der Waals surface area (Å²) in [5.41, 5.74) is 0.0670. The van der Waals surface area contributed by atoms with Crippen LogP contribution in [0.1, 0.15) is 13.8 Å². The lowest BCUT2D eigenvalue weighted by Gasteiger charge is -2.18. The van der Waals surface area contributed by atoms with Crippen molar-refractivity contribution in [1.82, 2.24) is 9.47 Å². The van der Waals surface area contributed by atoms with E-state index in [9.17, 15) is 4.79 Å². The van der Waals surface area contributed by atoms with Crippen molar-refractivity contribution in [3.63, 3.8) is 0 Å². The first-order valence-electron chi connectivity index (χ1n) is 7.09. The third-order valence-electron chi connectivity index (χ3n) is 3.74. The van der Waals surface area contributed by atoms with Gasteiger partial charge in [-0.05, 0) is 42.7 Å². The van der Waals surface area contributed by atoms with E-state index in [1.807, 2.05) is 30.5 Å². The number of likely N-dealkylation sites (N-methyl/N-ethyl adjacent to an activating group) is 1. The Balaban J connectivity index is 2.28. The maximum absolute atomic E-state index is 12.4. The molecular weight excluding hydrogens is 252 g/mol. The summed E-state index contributed by atoms with van der Waals surface area (Å²) in [6.45, 7) is 7.92. The number of ether oxygens (including phenoxy) is 1. The van der Waals surface area contributed by atoms with E-state index >= 15 is 0 Å². The van der Waals surface area contributed by atoms with Crippen molar-refractivity contribution in [2.45, 2.75) is 20.4 Å². The van der Waals surface area contributed by atoms with Crippen LogP contribution in [-0.2, 0) is 6.54 Å². The van der Waals surface area contributed by atoms with Gasteiger partial charge < -0.3 is 14.2 Å². The lowest BCUT2D eigenvalue weighted by atomic mass is 10.1. The summed E-state index contributed by atoms with van der Waals surface area (Å²) in [5.74, 6) is 0.776. The largest absolute Gasteiger partial charge is 0.497 e. The molecule has 4 nitrogen and oxygen atoms in total. The van der Waals surface area contributed by atoms with Gasteiger partial charge in [0, 0.05) is 24.7 Å². The molecule has 108 valence electrons. The Bertz CT molecular complexity index is 630. The predicted molar refractivity (Wildman–Crippen MR) is 82.5 cm³/mol. The van der Waals surface area contributed by atoms with Gasteiger partial charge in [0.15, 0.2) is 0 Å². The van der Waals surface area contributed by atoms with Gasteiger partial charge in [-0.2, -0.15) is 0 Å². The van der Waals surface area contributed by atoms with Gasteiger partial charge in [-0.15, -0.1) is 0 Å². The van der Waals surface area contributed by atoms with Crippen LogP contribution in [0.25, 0.3) is 10.8 Å². The van der Waals surface area contributed by atoms with Crippen LogP contribution >= 0.6 is 0 Å². The summed E-state index contributed by atoms with van der Waals surface area (Å²) in [7, 11) is 1.63. The van der Waals surface area contributed by atoms with Gasteiger partial charge in [-0.3, -0.25) is 4.79 Å². The third-order valence-corrected chi connectivity index (χ3v) is 3.74. The van der Waals surface area contributed by atoms with Crippen LogP contribution in [0.3, 0.4) is 0 Å². The monoisotopic (exact) mass is 274 g/mol. The van der Waals surface area contributed by atoms with Crippen molar-refractivity contribution >= 4 is 10.8 Å². The molecule has 0 aliphatic rings. The smallest absolute Gasteiger partial charge is 0.258 e. The number of rotatable bonds is 6. The van der Waals surface area contributed by atoms with E-state index in [0.29, 0.717) is 0 Å². The molecule has 20 heavy (non-hydrogen) atoms. The quantitative estimate of drug-likeness (QED) is 0.811. The Morgan fingerprint density at radius 1 is 1.20 bits per heavy atom. The standard InChI is InChI=1S/C16H22N2O2/c1-4-17(5-2)10-11-18-9-8-13-12-14(20-3)6-7-15(13)16(18)19/h6-9,12H,4-5,10-11H2,1-3H3. The summed E-state index contributed by atoms with van der Waals surface area (Å²) in [6.07, 6.45) is 1.87. The molecule has 0 saturated heterocycles. The predicted octanol–water partition coefficient (Wildman–Crippen LogP) is 2.35. The minimum Gasteiger partial charge on any atom is -0.497 e. The van der Waals surface area contributed by atoms with Gasteiger partial charge >= 0.3 is 0 Å². The first kappa shape index (κ1) is 14.6. The molecule has 0 bridgehead atoms. The molecule has 1 aromatic carbocycles. The highest BCUT2D eigenvalue weighted by molar-refractivity contribution is 5.82. The zero-order valence-corrected chi connectivity index (χ0v) is 12.4. The van der Waals surface area contributed by atoms with Crippen LogP contribution in [-0.4, -0.2) is 36.2 Å². The van der Waals surface area contributed by atoms with Crippen molar-refractivity contribution in [3.05, 3.63) is 40.8 Å². The van der Waals surface area contributed by atoms with E-state index in [-0.39, 0.29) is 5.56 Å². The fourth-order valence-electron chi connectivity index (χ4n) is 2.36. The fourth-order valence-corrected chi connectivity index (χ4v) is 2.36. The molecule has 0 amide bonds. The molecule has 0 aliphatic carbocycles. The Morgan fingerprint density at radius 2 is 1.95 bits per heavy atom. The van der Waals surface area contributed by atoms with Gasteiger partial charge in [0.1, 0.15) is 5.75 Å². The molecule has 0 spiro atoms. The zero-order chi connectivity index (χ0) is 14.5. The molecule has 0 atom stereocenters. The minimum atomic E-state index is 0.0670. The van der Waals surface area contributed by atoms with Gasteiger partial charge in [-0.25, -0.2) is 0 Å². The van der Waals surface area contributed by atoms with E-state index < -0.39 is 0 Å². The molecule has 0 fully saturated rings. The van der Waals surface area contributed by atoms with E-state index in [0.717, 1.165) is 42.7 Å². The van der Waals surface area contributed by atoms with Crippen molar-refractivity contribution in [3.8, 4) is 5.75 Å². The Labute approximate surface area is 119 Å². The molecule has 0 aliphatic heterocycles. The fraction of sp³-hybridized carbons (Fsp3) is 0.438. The number of methoxy groups -OCH3 is 1. The molecule has 0 radical (unpaired) electrons. The third kappa shape index (κ3) is 3.02. The number of hydrogen-bond donors (Lipinski definition) is 0. The first-order chi connectivity index (χ1) is 9.69. The maximum atomic E-state index is 12.4. The normalized spacial score (nSPS) is 11.2. The van der Waals surface area contributed by atoms with E-state index in [1.165, 1.54) is 0 Å². The summed E-state index contributed by atoms with van der Waals surface area (Å²) in [5, 5.41) is 1.67. The van der Waals surface area contributed by atoms with Gasteiger partial charge in [0.05, 0.1) is 7.11 Å². The molecular formula is C16H22N2O2. The Morgan fingerprint density at radius 3 is 2.60 bits per heavy atom. The highest BCUT2D eigenvalue weighted by Crippen LogP contribution is 2.17. The minimum absolute atomic E-state index is 0.0670. The highest BCUT2D eigenvalue weighted by Gasteiger charge is 2.05. The van der Waals surface area contributed by atoms with Crippen LogP contribution in [0.2, 0.25) is 0 Å². The van der Waals surface area contributed by atoms with Gasteiger partial charge in [-0.1, -0.05) is 13.8 Å². The second kappa shape index (κ2) is 6.57. The number of hydrogen-bond acceptors (Lipinski definition) is 3. The second-order valence-electron chi connectivity index (χ2n) is 4.79. The van der Waals surface area contributed by atoms with Crippen molar-refractivity contribution in [1.29, 1.82) is 0 Å². The summed E-state index contributed by atoms with van der Waals surface area (Å²) >= 11 is 0. The maximum Gasteiger partial charge on any atom is 0.258 e. The van der Waals surface area contributed by atoms with Crippen LogP contribution in [0.5, 0.6) is 5.75 Å². The van der Waals surface area contributed by atoms with Gasteiger partial charge in [0.25, 0.3) is 5.56 Å². The molecule has 1 heterocycles. The molecule has 0 unspecified atom stereocenters. The number of benzene rings is 1. The van der Waals surface area contributed by atoms with Crippen LogP contribution < -0.4 is 10.3 Å². The topological polar surface area (TPSA) is 34.5 Å². The van der Waals surface area contributed by atoms with Crippen molar-refractivity contribution in [2.75, 3.05) is 26.7 Å². The lowest BCUT2D eigenvalue weighted by Crippen LogP contribution is -2.30. The van der Waals surface area contributed by atoms with E-state index in [2.05, 4.69) is 18.7 Å². The number of nitrogens with zero attached hydrogens (tertiary/aromatic N) is 2. The molecule has 0 saturated carbocycles. The van der Waals surface area contributed by atoms with E-state index in [4.69, 9.17) is 4.74 Å². The molecule has 2 aromatic rings. The molecule has 1 aromatic heterocycles. The number of fused-ring (bicyclic) bond motifs is 1. The highest BCUT2D eigenvalue weighted by atomic mass is 16.5. The van der Waals surface area contributed by atoms with Gasteiger partial charge in [0.2, 0.25) is 0 Å². The molecule has 2 rings (SSSR count). The van der Waals surface area contributed by atoms with E-state index in [1.54, 1.807) is 11.7 Å². The SMILES string of the molecule is CCN(CC)CCn1ccc2cc(OC)ccc2c1=O. The van der Waals surface area contributed by atoms with Crippen LogP contribution in [0.15, 0.2) is 35.3 Å². The molecule has 0 N–H and O–H groups in total. The second-order valence-corrected chi connectivity index (χ2v) is 4.79. The summed E-state index contributed by atoms with van der Waals surface area (Å²) < 4.78 is 6.97. The van der Waals surface area contributed by atoms with Crippen LogP contribution in [0.4, 0.5) is 0 Å². The molecule has 4 heteroatoms. The zero-order valence-electron chi connectivity index (χ0n) is 12.4. The van der Waals surface area contributed by atoms with Crippen molar-refractivity contribution < 1.29 is 4.74 Å². The Hall–Kier alpha value is -1.81.